The average molecular weight is 881 g/mol. The number of nitrogens with two attached hydrogens (primary N) is 1. The van der Waals surface area contributed by atoms with E-state index in [1.807, 2.05) is 0 Å². The molecule has 364 valence electrons. The highest BCUT2D eigenvalue weighted by molar-refractivity contribution is 5.84. The van der Waals surface area contributed by atoms with E-state index in [-0.39, 0.29) is 36.0 Å². The Morgan fingerprint density at radius 1 is 0.746 bits per heavy atom. The number of rotatable bonds is 32. The second-order valence-electron chi connectivity index (χ2n) is 22.2. The maximum atomic E-state index is 13.3. The first-order chi connectivity index (χ1) is 30.4. The molecule has 0 spiro atoms. The number of nitrogens with one attached hydrogen (secondary N) is 2. The molecule has 3 fully saturated rings. The molecule has 0 aliphatic heterocycles. The van der Waals surface area contributed by atoms with Gasteiger partial charge in [-0.05, 0) is 124 Å². The van der Waals surface area contributed by atoms with Crippen LogP contribution in [-0.2, 0) is 14.3 Å². The van der Waals surface area contributed by atoms with Gasteiger partial charge in [-0.1, -0.05) is 162 Å². The van der Waals surface area contributed by atoms with Crippen LogP contribution in [0.25, 0.3) is 0 Å². The predicted molar refractivity (Wildman–Crippen MR) is 263 cm³/mol. The molecule has 0 aromatic carbocycles. The molecule has 63 heavy (non-hydrogen) atoms. The van der Waals surface area contributed by atoms with Crippen LogP contribution in [0.15, 0.2) is 11.6 Å². The molecule has 0 heterocycles. The number of ether oxygens (including phenoxy) is 1. The summed E-state index contributed by atoms with van der Waals surface area (Å²) in [6.45, 7) is 17.2. The molecule has 3 amide bonds. The van der Waals surface area contributed by atoms with Gasteiger partial charge in [0.25, 0.3) is 0 Å². The summed E-state index contributed by atoms with van der Waals surface area (Å²) in [4.78, 5) is 40.6. The normalized spacial score (nSPS) is 26.9. The molecule has 4 rings (SSSR count). The molecule has 3 saturated carbocycles. The number of unbranched alkanes of at least 4 members (excludes halogenated alkanes) is 15. The molecule has 0 radical (unpaired) electrons. The van der Waals surface area contributed by atoms with Crippen molar-refractivity contribution >= 4 is 17.9 Å². The molecular weight excluding hydrogens is 781 g/mol. The number of carbonyl (C=O) groups excluding carboxylic acids is 3. The number of alkyl carbamates (subject to hydrolysis) is 1. The number of hydrogen-bond donors (Lipinski definition) is 3. The van der Waals surface area contributed by atoms with Crippen LogP contribution in [0.1, 0.15) is 234 Å². The number of fused-ring (bicyclic) bond motifs is 5. The van der Waals surface area contributed by atoms with Gasteiger partial charge in [0, 0.05) is 32.5 Å². The molecule has 4 aliphatic carbocycles. The third kappa shape index (κ3) is 17.3. The van der Waals surface area contributed by atoms with E-state index >= 15 is 0 Å². The van der Waals surface area contributed by atoms with Crippen molar-refractivity contribution in [2.75, 3.05) is 32.7 Å². The zero-order chi connectivity index (χ0) is 45.5. The molecule has 0 unspecified atom stereocenters. The monoisotopic (exact) mass is 881 g/mol. The van der Waals surface area contributed by atoms with E-state index in [9.17, 15) is 14.4 Å². The molecule has 4 aliphatic rings. The second kappa shape index (κ2) is 28.8. The lowest BCUT2D eigenvalue weighted by Gasteiger charge is -2.58. The average Bonchev–Trinajstić information content (AvgIpc) is 3.62. The fraction of sp³-hybridized carbons (Fsp3) is 0.909. The molecule has 0 aromatic heterocycles. The van der Waals surface area contributed by atoms with E-state index in [1.165, 1.54) is 122 Å². The fourth-order valence-corrected chi connectivity index (χ4v) is 13.2. The fourth-order valence-electron chi connectivity index (χ4n) is 13.2. The summed E-state index contributed by atoms with van der Waals surface area (Å²) in [6.07, 6.45) is 37.7. The van der Waals surface area contributed by atoms with Gasteiger partial charge in [0.1, 0.15) is 6.10 Å². The van der Waals surface area contributed by atoms with Gasteiger partial charge in [-0.25, -0.2) is 4.79 Å². The van der Waals surface area contributed by atoms with Crippen LogP contribution in [-0.4, -0.2) is 61.6 Å². The Bertz CT molecular complexity index is 1350. The Balaban J connectivity index is 1.10. The lowest BCUT2D eigenvalue weighted by atomic mass is 9.47. The highest BCUT2D eigenvalue weighted by Gasteiger charge is 2.59. The smallest absolute Gasteiger partial charge is 0.407 e. The van der Waals surface area contributed by atoms with Crippen molar-refractivity contribution in [3.05, 3.63) is 11.6 Å². The summed E-state index contributed by atoms with van der Waals surface area (Å²) >= 11 is 0. The maximum Gasteiger partial charge on any atom is 0.407 e. The summed E-state index contributed by atoms with van der Waals surface area (Å²) in [7, 11) is 0. The molecule has 8 nitrogen and oxygen atoms in total. The maximum absolute atomic E-state index is 13.3. The first kappa shape index (κ1) is 53.5. The predicted octanol–water partition coefficient (Wildman–Crippen LogP) is 13.5. The summed E-state index contributed by atoms with van der Waals surface area (Å²) in [5, 5.41) is 5.96. The minimum absolute atomic E-state index is 0.0342. The lowest BCUT2D eigenvalue weighted by Crippen LogP contribution is -2.51. The number of nitrogens with zero attached hydrogens (tertiary/aromatic N) is 1. The Morgan fingerprint density at radius 3 is 2.08 bits per heavy atom. The standard InChI is InChI=1S/C55H100N4O4/c1-7-8-9-10-11-12-13-14-15-16-17-18-21-28-52(61)59(42-51(60)57-39-25-37-56)40-23-20-19-22-38-58-53(62)63-46-33-35-54(5)45(41-46)29-30-47-49-32-31-48(44(4)27-24-26-43(2)3)55(49,6)36-34-50(47)54/h29,43-44,46-50H,7-28,30-42,56H2,1-6H3,(H,57,60)(H,58,62)/t44-,46+,47+,48-,49+,50+,54+,55-/m1/s1. The quantitative estimate of drug-likeness (QED) is 0.0460. The van der Waals surface area contributed by atoms with E-state index in [2.05, 4.69) is 58.3 Å². The van der Waals surface area contributed by atoms with Crippen LogP contribution < -0.4 is 16.4 Å². The topological polar surface area (TPSA) is 114 Å². The first-order valence-corrected chi connectivity index (χ1v) is 27.3. The Hall–Kier alpha value is -2.09. The summed E-state index contributed by atoms with van der Waals surface area (Å²) in [5.41, 5.74) is 7.94. The van der Waals surface area contributed by atoms with Gasteiger partial charge in [0.15, 0.2) is 0 Å². The van der Waals surface area contributed by atoms with Crippen molar-refractivity contribution in [2.45, 2.75) is 240 Å². The van der Waals surface area contributed by atoms with Crippen LogP contribution >= 0.6 is 0 Å². The summed E-state index contributed by atoms with van der Waals surface area (Å²) in [6, 6.07) is 0. The van der Waals surface area contributed by atoms with Gasteiger partial charge >= 0.3 is 6.09 Å². The van der Waals surface area contributed by atoms with Gasteiger partial charge in [-0.2, -0.15) is 0 Å². The third-order valence-electron chi connectivity index (χ3n) is 17.0. The van der Waals surface area contributed by atoms with Crippen LogP contribution in [0, 0.1) is 46.3 Å². The van der Waals surface area contributed by atoms with Gasteiger partial charge in [-0.15, -0.1) is 0 Å². The van der Waals surface area contributed by atoms with Crippen molar-refractivity contribution in [3.8, 4) is 0 Å². The van der Waals surface area contributed by atoms with Crippen molar-refractivity contribution < 1.29 is 19.1 Å². The highest BCUT2D eigenvalue weighted by atomic mass is 16.6. The highest BCUT2D eigenvalue weighted by Crippen LogP contribution is 2.67. The Morgan fingerprint density at radius 2 is 1.40 bits per heavy atom. The summed E-state index contributed by atoms with van der Waals surface area (Å²) in [5.74, 6) is 4.97. The Labute approximate surface area is 388 Å². The molecule has 8 heteroatoms. The van der Waals surface area contributed by atoms with Crippen LogP contribution in [0.4, 0.5) is 4.79 Å². The molecule has 0 saturated heterocycles. The zero-order valence-corrected chi connectivity index (χ0v) is 42.0. The Kier molecular flexibility index (Phi) is 24.5. The second-order valence-corrected chi connectivity index (χ2v) is 22.2. The summed E-state index contributed by atoms with van der Waals surface area (Å²) < 4.78 is 6.06. The van der Waals surface area contributed by atoms with Gasteiger partial charge in [0.05, 0.1) is 6.54 Å². The molecular formula is C55H100N4O4. The molecule has 4 N–H and O–H groups in total. The van der Waals surface area contributed by atoms with E-state index < -0.39 is 0 Å². The minimum Gasteiger partial charge on any atom is -0.446 e. The van der Waals surface area contributed by atoms with Gasteiger partial charge < -0.3 is 26.0 Å². The third-order valence-corrected chi connectivity index (χ3v) is 17.0. The van der Waals surface area contributed by atoms with E-state index in [1.54, 1.807) is 10.5 Å². The van der Waals surface area contributed by atoms with Gasteiger partial charge in [-0.3, -0.25) is 9.59 Å². The lowest BCUT2D eigenvalue weighted by molar-refractivity contribution is -0.136. The minimum atomic E-state index is -0.281. The van der Waals surface area contributed by atoms with Crippen molar-refractivity contribution in [1.29, 1.82) is 0 Å². The zero-order valence-electron chi connectivity index (χ0n) is 42.0. The first-order valence-electron chi connectivity index (χ1n) is 27.3. The number of carbonyl (C=O) groups is 3. The van der Waals surface area contributed by atoms with E-state index in [0.29, 0.717) is 38.0 Å². The van der Waals surface area contributed by atoms with E-state index in [0.717, 1.165) is 99.7 Å². The van der Waals surface area contributed by atoms with Gasteiger partial charge in [0.2, 0.25) is 11.8 Å². The molecule has 0 bridgehead atoms. The van der Waals surface area contributed by atoms with Crippen molar-refractivity contribution in [1.82, 2.24) is 15.5 Å². The number of allylic oxidation sites excluding steroid dienone is 1. The molecule has 8 atom stereocenters. The number of hydrogen-bond acceptors (Lipinski definition) is 5. The number of amides is 3. The van der Waals surface area contributed by atoms with E-state index in [4.69, 9.17) is 10.5 Å². The SMILES string of the molecule is CCCCCCCCCCCCCCCC(=O)N(CCCCCCNC(=O)O[C@H]1CC[C@@]2(C)C(=CC[C@H]3[C@@H]4CC[C@H]([C@H](C)CCCC(C)C)[C@@]4(C)CC[C@@H]32)C1)CC(=O)NCCCN. The van der Waals surface area contributed by atoms with Crippen molar-refractivity contribution in [2.24, 2.45) is 52.1 Å². The molecule has 0 aromatic rings. The largest absolute Gasteiger partial charge is 0.446 e. The van der Waals surface area contributed by atoms with Crippen LogP contribution in [0.3, 0.4) is 0 Å². The van der Waals surface area contributed by atoms with Crippen LogP contribution in [0.2, 0.25) is 0 Å². The van der Waals surface area contributed by atoms with Crippen LogP contribution in [0.5, 0.6) is 0 Å². The van der Waals surface area contributed by atoms with Crippen molar-refractivity contribution in [3.63, 3.8) is 0 Å².